The van der Waals surface area contributed by atoms with Gasteiger partial charge in [0.25, 0.3) is 5.56 Å². The fraction of sp³-hybridized carbons (Fsp3) is 0.231. The average molecular weight is 259 g/mol. The summed E-state index contributed by atoms with van der Waals surface area (Å²) in [6.45, 7) is 3.22. The van der Waals surface area contributed by atoms with Gasteiger partial charge < -0.3 is 4.98 Å². The topological polar surface area (TPSA) is 84.8 Å². The summed E-state index contributed by atoms with van der Waals surface area (Å²) < 4.78 is 0.989. The van der Waals surface area contributed by atoms with Gasteiger partial charge in [-0.2, -0.15) is 0 Å². The smallest absolute Gasteiger partial charge is 0.313 e. The number of hydrogen-bond donors (Lipinski definition) is 1. The number of aromatic nitrogens is 3. The molecule has 0 aromatic carbocycles. The molecule has 0 aliphatic rings. The van der Waals surface area contributed by atoms with Gasteiger partial charge in [-0.1, -0.05) is 6.07 Å². The van der Waals surface area contributed by atoms with E-state index >= 15 is 0 Å². The zero-order valence-corrected chi connectivity index (χ0v) is 10.6. The monoisotopic (exact) mass is 259 g/mol. The lowest BCUT2D eigenvalue weighted by Gasteiger charge is -2.05. The van der Waals surface area contributed by atoms with Gasteiger partial charge in [-0.05, 0) is 25.5 Å². The number of carbonyl (C=O) groups excluding carboxylic acids is 1. The number of aromatic amines is 1. The van der Waals surface area contributed by atoms with Crippen molar-refractivity contribution in [1.29, 1.82) is 0 Å². The fourth-order valence-corrected chi connectivity index (χ4v) is 1.68. The van der Waals surface area contributed by atoms with Crippen LogP contribution in [0.5, 0.6) is 0 Å². The summed E-state index contributed by atoms with van der Waals surface area (Å²) in [5.41, 5.74) is 0.411. The lowest BCUT2D eigenvalue weighted by atomic mass is 10.2. The molecule has 0 spiro atoms. The van der Waals surface area contributed by atoms with Crippen molar-refractivity contribution in [2.45, 2.75) is 20.4 Å². The predicted octanol–water partition coefficient (Wildman–Crippen LogP) is 0.491. The normalized spacial score (nSPS) is 10.4. The standard InChI is InChI=1S/C13H13N3O3/c1-8-3-4-10(5-14-8)7-16-12(18)11(9(2)17)6-15-13(16)19/h3-6H,7H2,1-2H3,(H,15,19). The van der Waals surface area contributed by atoms with E-state index in [-0.39, 0.29) is 17.9 Å². The summed E-state index contributed by atoms with van der Waals surface area (Å²) in [4.78, 5) is 41.4. The minimum Gasteiger partial charge on any atom is -0.313 e. The molecular formula is C13H13N3O3. The molecule has 2 heterocycles. The van der Waals surface area contributed by atoms with E-state index in [4.69, 9.17) is 0 Å². The zero-order chi connectivity index (χ0) is 14.0. The molecule has 98 valence electrons. The maximum atomic E-state index is 12.0. The van der Waals surface area contributed by atoms with Crippen molar-refractivity contribution in [3.05, 3.63) is 62.2 Å². The Balaban J connectivity index is 2.48. The molecule has 0 fully saturated rings. The Morgan fingerprint density at radius 1 is 1.37 bits per heavy atom. The third-order valence-electron chi connectivity index (χ3n) is 2.75. The van der Waals surface area contributed by atoms with Gasteiger partial charge in [0.1, 0.15) is 0 Å². The highest BCUT2D eigenvalue weighted by molar-refractivity contribution is 5.93. The lowest BCUT2D eigenvalue weighted by Crippen LogP contribution is -2.38. The van der Waals surface area contributed by atoms with Crippen LogP contribution in [0.2, 0.25) is 0 Å². The van der Waals surface area contributed by atoms with Crippen molar-refractivity contribution in [3.63, 3.8) is 0 Å². The first kappa shape index (κ1) is 12.9. The molecule has 0 aliphatic heterocycles. The zero-order valence-electron chi connectivity index (χ0n) is 10.6. The largest absolute Gasteiger partial charge is 0.328 e. The van der Waals surface area contributed by atoms with Crippen LogP contribution in [-0.2, 0) is 6.54 Å². The van der Waals surface area contributed by atoms with E-state index in [1.807, 2.05) is 6.92 Å². The maximum absolute atomic E-state index is 12.0. The molecule has 0 unspecified atom stereocenters. The highest BCUT2D eigenvalue weighted by atomic mass is 16.2. The molecule has 0 radical (unpaired) electrons. The van der Waals surface area contributed by atoms with Crippen LogP contribution in [0.4, 0.5) is 0 Å². The van der Waals surface area contributed by atoms with Gasteiger partial charge in [0.05, 0.1) is 12.1 Å². The van der Waals surface area contributed by atoms with Crippen LogP contribution in [0.3, 0.4) is 0 Å². The summed E-state index contributed by atoms with van der Waals surface area (Å²) in [5, 5.41) is 0. The van der Waals surface area contributed by atoms with Crippen molar-refractivity contribution in [2.75, 3.05) is 0 Å². The number of Topliss-reactive ketones (excluding diaryl/α,β-unsaturated/α-hetero) is 1. The van der Waals surface area contributed by atoms with E-state index in [9.17, 15) is 14.4 Å². The third kappa shape index (κ3) is 2.67. The number of pyridine rings is 1. The lowest BCUT2D eigenvalue weighted by molar-refractivity contribution is 0.101. The van der Waals surface area contributed by atoms with Gasteiger partial charge in [-0.25, -0.2) is 4.79 Å². The molecule has 0 amide bonds. The van der Waals surface area contributed by atoms with E-state index in [2.05, 4.69) is 9.97 Å². The van der Waals surface area contributed by atoms with E-state index in [1.54, 1.807) is 18.3 Å². The number of H-pyrrole nitrogens is 1. The van der Waals surface area contributed by atoms with Gasteiger partial charge >= 0.3 is 5.69 Å². The van der Waals surface area contributed by atoms with Crippen molar-refractivity contribution >= 4 is 5.78 Å². The molecule has 6 nitrogen and oxygen atoms in total. The molecule has 2 rings (SSSR count). The minimum atomic E-state index is -0.586. The van der Waals surface area contributed by atoms with Gasteiger partial charge in [0, 0.05) is 18.1 Å². The van der Waals surface area contributed by atoms with Gasteiger partial charge in [-0.3, -0.25) is 19.1 Å². The molecule has 1 N–H and O–H groups in total. The van der Waals surface area contributed by atoms with Crippen molar-refractivity contribution in [2.24, 2.45) is 0 Å². The summed E-state index contributed by atoms with van der Waals surface area (Å²) in [6.07, 6.45) is 2.75. The van der Waals surface area contributed by atoms with Crippen LogP contribution in [0, 0.1) is 6.92 Å². The first-order valence-corrected chi connectivity index (χ1v) is 5.74. The fourth-order valence-electron chi connectivity index (χ4n) is 1.68. The Morgan fingerprint density at radius 2 is 2.11 bits per heavy atom. The number of aryl methyl sites for hydroxylation is 1. The average Bonchev–Trinajstić information content (AvgIpc) is 2.36. The number of nitrogens with zero attached hydrogens (tertiary/aromatic N) is 2. The molecule has 2 aromatic heterocycles. The maximum Gasteiger partial charge on any atom is 0.328 e. The van der Waals surface area contributed by atoms with E-state index in [0.29, 0.717) is 0 Å². The second kappa shape index (κ2) is 5.01. The van der Waals surface area contributed by atoms with Crippen LogP contribution in [0.1, 0.15) is 28.5 Å². The summed E-state index contributed by atoms with van der Waals surface area (Å²) in [5.74, 6) is -0.378. The number of ketones is 1. The molecule has 0 aliphatic carbocycles. The van der Waals surface area contributed by atoms with Crippen molar-refractivity contribution < 1.29 is 4.79 Å². The second-order valence-electron chi connectivity index (χ2n) is 4.26. The SMILES string of the molecule is CC(=O)c1c[nH]c(=O)n(Cc2ccc(C)nc2)c1=O. The molecular weight excluding hydrogens is 246 g/mol. The van der Waals surface area contributed by atoms with E-state index in [1.165, 1.54) is 6.92 Å². The first-order valence-electron chi connectivity index (χ1n) is 5.74. The summed E-state index contributed by atoms with van der Waals surface area (Å²) in [6, 6.07) is 3.58. The molecule has 0 atom stereocenters. The number of rotatable bonds is 3. The quantitative estimate of drug-likeness (QED) is 0.813. The van der Waals surface area contributed by atoms with Crippen LogP contribution in [0.15, 0.2) is 34.1 Å². The van der Waals surface area contributed by atoms with Crippen LogP contribution < -0.4 is 11.2 Å². The van der Waals surface area contributed by atoms with Crippen molar-refractivity contribution in [3.8, 4) is 0 Å². The third-order valence-corrected chi connectivity index (χ3v) is 2.75. The molecule has 19 heavy (non-hydrogen) atoms. The Hall–Kier alpha value is -2.50. The Labute approximate surface area is 108 Å². The Bertz CT molecular complexity index is 726. The second-order valence-corrected chi connectivity index (χ2v) is 4.26. The van der Waals surface area contributed by atoms with Crippen LogP contribution in [-0.4, -0.2) is 20.3 Å². The van der Waals surface area contributed by atoms with Gasteiger partial charge in [0.2, 0.25) is 0 Å². The summed E-state index contributed by atoms with van der Waals surface area (Å²) in [7, 11) is 0. The predicted molar refractivity (Wildman–Crippen MR) is 69.4 cm³/mol. The Morgan fingerprint density at radius 3 is 2.68 bits per heavy atom. The van der Waals surface area contributed by atoms with Gasteiger partial charge in [0.15, 0.2) is 5.78 Å². The molecule has 0 saturated carbocycles. The molecule has 0 bridgehead atoms. The number of carbonyl (C=O) groups is 1. The van der Waals surface area contributed by atoms with Crippen LogP contribution in [0.25, 0.3) is 0 Å². The number of hydrogen-bond acceptors (Lipinski definition) is 4. The highest BCUT2D eigenvalue weighted by Gasteiger charge is 2.11. The first-order chi connectivity index (χ1) is 8.99. The summed E-state index contributed by atoms with van der Waals surface area (Å²) >= 11 is 0. The molecule has 6 heteroatoms. The van der Waals surface area contributed by atoms with Crippen molar-refractivity contribution in [1.82, 2.24) is 14.5 Å². The number of nitrogens with one attached hydrogen (secondary N) is 1. The van der Waals surface area contributed by atoms with Crippen LogP contribution >= 0.6 is 0 Å². The van der Waals surface area contributed by atoms with E-state index in [0.717, 1.165) is 22.0 Å². The minimum absolute atomic E-state index is 0.0281. The highest BCUT2D eigenvalue weighted by Crippen LogP contribution is 2.00. The Kier molecular flexibility index (Phi) is 3.41. The van der Waals surface area contributed by atoms with Gasteiger partial charge in [-0.15, -0.1) is 0 Å². The van der Waals surface area contributed by atoms with E-state index < -0.39 is 11.2 Å². The molecule has 0 saturated heterocycles. The molecule has 2 aromatic rings.